The van der Waals surface area contributed by atoms with Gasteiger partial charge in [0.05, 0.1) is 12.9 Å². The summed E-state index contributed by atoms with van der Waals surface area (Å²) in [5.74, 6) is -0.363. The molecule has 2 aromatic heterocycles. The zero-order valence-corrected chi connectivity index (χ0v) is 23.6. The van der Waals surface area contributed by atoms with Crippen molar-refractivity contribution in [1.29, 1.82) is 0 Å². The highest BCUT2D eigenvalue weighted by Gasteiger charge is 2.47. The van der Waals surface area contributed by atoms with Crippen LogP contribution in [-0.2, 0) is 24.0 Å². The highest BCUT2D eigenvalue weighted by Crippen LogP contribution is 2.52. The maximum Gasteiger partial charge on any atom is 0.337 e. The molecule has 1 aromatic carbocycles. The van der Waals surface area contributed by atoms with E-state index in [-0.39, 0.29) is 16.3 Å². The van der Waals surface area contributed by atoms with Crippen LogP contribution < -0.4 is 4.90 Å². The Balaban J connectivity index is 1.31. The molecule has 3 aliphatic heterocycles. The minimum absolute atomic E-state index is 0.0479. The number of aromatic nitrogens is 4. The van der Waals surface area contributed by atoms with E-state index in [4.69, 9.17) is 35.4 Å². The van der Waals surface area contributed by atoms with Crippen molar-refractivity contribution in [3.63, 3.8) is 0 Å². The topological polar surface area (TPSA) is 193 Å². The van der Waals surface area contributed by atoms with Crippen molar-refractivity contribution < 1.29 is 43.5 Å². The zero-order chi connectivity index (χ0) is 28.2. The maximum atomic E-state index is 12.0. The fourth-order valence-electron chi connectivity index (χ4n) is 5.75. The van der Waals surface area contributed by atoms with Gasteiger partial charge in [0.2, 0.25) is 5.28 Å². The Kier molecular flexibility index (Phi) is 7.64. The van der Waals surface area contributed by atoms with E-state index in [1.165, 1.54) is 16.5 Å². The number of anilines is 2. The number of nitrogens with zero attached hydrogens (tertiary/aromatic N) is 5. The summed E-state index contributed by atoms with van der Waals surface area (Å²) in [5, 5.41) is 21.3. The van der Waals surface area contributed by atoms with Crippen LogP contribution in [0.5, 0.6) is 0 Å². The van der Waals surface area contributed by atoms with Gasteiger partial charge < -0.3 is 43.8 Å². The predicted molar refractivity (Wildman–Crippen MR) is 143 cm³/mol. The third kappa shape index (κ3) is 5.05. The first-order valence-corrected chi connectivity index (χ1v) is 16.1. The lowest BCUT2D eigenvalue weighted by atomic mass is 9.76. The summed E-state index contributed by atoms with van der Waals surface area (Å²) in [6, 6.07) is 8.13. The molecule has 2 saturated heterocycles. The van der Waals surface area contributed by atoms with Gasteiger partial charge in [0.1, 0.15) is 24.2 Å². The van der Waals surface area contributed by atoms with Crippen molar-refractivity contribution in [3.8, 4) is 0 Å². The molecule has 216 valence electrons. The molecular weight excluding hydrogens is 588 g/mol. The van der Waals surface area contributed by atoms with Gasteiger partial charge in [-0.3, -0.25) is 9.13 Å². The van der Waals surface area contributed by atoms with Crippen molar-refractivity contribution >= 4 is 50.2 Å². The smallest absolute Gasteiger partial charge is 0.337 e. The molecule has 0 bridgehead atoms. The van der Waals surface area contributed by atoms with Crippen LogP contribution in [0.1, 0.15) is 24.6 Å². The number of aliphatic hydroxyl groups is 2. The molecule has 6 rings (SSSR count). The van der Waals surface area contributed by atoms with E-state index in [1.54, 1.807) is 0 Å². The molecule has 5 atom stereocenters. The van der Waals surface area contributed by atoms with Crippen LogP contribution in [0, 0.1) is 0 Å². The van der Waals surface area contributed by atoms with E-state index in [1.807, 2.05) is 18.2 Å². The number of ether oxygens (including phenoxy) is 2. The first kappa shape index (κ1) is 28.3. The zero-order valence-electron chi connectivity index (χ0n) is 21.0. The van der Waals surface area contributed by atoms with E-state index in [0.717, 1.165) is 18.5 Å². The van der Waals surface area contributed by atoms with Crippen LogP contribution in [-0.4, -0.2) is 95.0 Å². The Morgan fingerprint density at radius 2 is 1.93 bits per heavy atom. The summed E-state index contributed by atoms with van der Waals surface area (Å²) in [5.41, 5.74) is 2.76. The van der Waals surface area contributed by atoms with Crippen molar-refractivity contribution in [2.45, 2.75) is 42.8 Å². The van der Waals surface area contributed by atoms with E-state index < -0.39 is 53.0 Å². The number of rotatable bonds is 7. The third-order valence-corrected chi connectivity index (χ3v) is 10.8. The van der Waals surface area contributed by atoms with Gasteiger partial charge in [0.15, 0.2) is 31.6 Å². The van der Waals surface area contributed by atoms with Crippen molar-refractivity contribution in [3.05, 3.63) is 41.4 Å². The summed E-state index contributed by atoms with van der Waals surface area (Å²) < 4.78 is 29.8. The Morgan fingerprint density at radius 3 is 2.67 bits per heavy atom. The fraction of sp³-hybridized carbons (Fsp3) is 0.522. The lowest BCUT2D eigenvalue weighted by Gasteiger charge is -2.34. The highest BCUT2D eigenvalue weighted by molar-refractivity contribution is 7.67. The molecular formula is C23H28ClN5O9P2. The van der Waals surface area contributed by atoms with Gasteiger partial charge in [-0.2, -0.15) is 9.97 Å². The molecule has 0 saturated carbocycles. The number of halogens is 1. The number of hydrogen-bond donors (Lipinski definition) is 5. The second-order valence-corrected chi connectivity index (χ2v) is 13.9. The Morgan fingerprint density at radius 1 is 1.18 bits per heavy atom. The van der Waals surface area contributed by atoms with Crippen molar-refractivity contribution in [2.24, 2.45) is 0 Å². The molecule has 5 heterocycles. The number of hydrogen-bond acceptors (Lipinski definition) is 12. The second-order valence-electron chi connectivity index (χ2n) is 10.1. The van der Waals surface area contributed by atoms with Gasteiger partial charge in [0.25, 0.3) is 0 Å². The van der Waals surface area contributed by atoms with Crippen molar-refractivity contribution in [1.82, 2.24) is 19.5 Å². The second kappa shape index (κ2) is 10.8. The minimum Gasteiger partial charge on any atom is -0.387 e. The summed E-state index contributed by atoms with van der Waals surface area (Å²) in [7, 11) is -7.01. The van der Waals surface area contributed by atoms with Gasteiger partial charge in [-0.1, -0.05) is 18.2 Å². The molecule has 0 amide bonds. The lowest BCUT2D eigenvalue weighted by Crippen LogP contribution is -2.37. The first-order valence-electron chi connectivity index (χ1n) is 12.6. The van der Waals surface area contributed by atoms with E-state index >= 15 is 0 Å². The van der Waals surface area contributed by atoms with Crippen LogP contribution in [0.2, 0.25) is 5.28 Å². The molecule has 14 nitrogen and oxygen atoms in total. The standard InChI is InChI=1S/C23H28ClN5O9P2/c24-22-26-19(28-10-23(5-7-36-8-6-23)13-3-1-2-4-14(13)28)16-20(27-22)29(11-25-16)21-18(31)17(30)15(38-21)9-37-40(34,35)12-39(32)33/h1-4,11,15,17-18,21,30-33H,5-10,12H2,(H,34,35). The molecule has 3 aliphatic rings. The molecule has 17 heteroatoms. The van der Waals surface area contributed by atoms with Crippen LogP contribution in [0.25, 0.3) is 11.2 Å². The normalized spacial score (nSPS) is 27.5. The van der Waals surface area contributed by atoms with E-state index in [2.05, 4.69) is 25.9 Å². The fourth-order valence-corrected chi connectivity index (χ4v) is 7.89. The van der Waals surface area contributed by atoms with E-state index in [9.17, 15) is 19.7 Å². The first-order chi connectivity index (χ1) is 19.1. The number of para-hydroxylation sites is 1. The molecule has 5 unspecified atom stereocenters. The van der Waals surface area contributed by atoms with Gasteiger partial charge >= 0.3 is 7.60 Å². The van der Waals surface area contributed by atoms with Crippen molar-refractivity contribution in [2.75, 3.05) is 37.2 Å². The summed E-state index contributed by atoms with van der Waals surface area (Å²) in [4.78, 5) is 43.3. The van der Waals surface area contributed by atoms with E-state index in [0.29, 0.717) is 31.1 Å². The molecule has 40 heavy (non-hydrogen) atoms. The van der Waals surface area contributed by atoms with Crippen LogP contribution in [0.4, 0.5) is 11.5 Å². The van der Waals surface area contributed by atoms with Gasteiger partial charge in [-0.25, -0.2) is 4.98 Å². The SMILES string of the molecule is O=P(O)(CP(O)O)OCC1OC(n2cnc3c(N4CC5(CCOCC5)c5ccccc54)nc(Cl)nc32)C(O)C1O. The Bertz CT molecular complexity index is 1460. The molecule has 3 aromatic rings. The minimum atomic E-state index is -4.35. The Hall–Kier alpha value is -1.80. The predicted octanol–water partition coefficient (Wildman–Crippen LogP) is 1.75. The average molecular weight is 616 g/mol. The van der Waals surface area contributed by atoms with Gasteiger partial charge in [0, 0.05) is 30.9 Å². The molecule has 0 aliphatic carbocycles. The molecule has 0 radical (unpaired) electrons. The Labute approximate surface area is 234 Å². The number of aliphatic hydroxyl groups excluding tert-OH is 2. The number of benzene rings is 1. The third-order valence-electron chi connectivity index (χ3n) is 7.67. The van der Waals surface area contributed by atoms with Crippen LogP contribution in [0.3, 0.4) is 0 Å². The molecule has 2 fully saturated rings. The quantitative estimate of drug-likeness (QED) is 0.191. The number of imidazole rings is 1. The van der Waals surface area contributed by atoms with Crippen LogP contribution in [0.15, 0.2) is 30.6 Å². The van der Waals surface area contributed by atoms with Crippen LogP contribution >= 0.6 is 27.6 Å². The largest absolute Gasteiger partial charge is 0.387 e. The number of fused-ring (bicyclic) bond motifs is 3. The lowest BCUT2D eigenvalue weighted by molar-refractivity contribution is -0.0483. The highest BCUT2D eigenvalue weighted by atomic mass is 35.5. The molecule has 5 N–H and O–H groups in total. The monoisotopic (exact) mass is 615 g/mol. The summed E-state index contributed by atoms with van der Waals surface area (Å²) in [6.07, 6.45) is -2.20. The van der Waals surface area contributed by atoms with Gasteiger partial charge in [-0.15, -0.1) is 0 Å². The average Bonchev–Trinajstić information content (AvgIpc) is 3.55. The van der Waals surface area contributed by atoms with Gasteiger partial charge in [-0.05, 0) is 36.1 Å². The summed E-state index contributed by atoms with van der Waals surface area (Å²) >= 11 is 6.40. The molecule has 1 spiro atoms. The maximum absolute atomic E-state index is 12.0. The summed E-state index contributed by atoms with van der Waals surface area (Å²) in [6.45, 7) is 1.40.